The van der Waals surface area contributed by atoms with Crippen molar-refractivity contribution < 1.29 is 4.74 Å². The molecule has 1 saturated heterocycles. The topological polar surface area (TPSA) is 47.3 Å². The van der Waals surface area contributed by atoms with E-state index in [0.717, 1.165) is 32.7 Å². The summed E-state index contributed by atoms with van der Waals surface area (Å²) >= 11 is 0. The highest BCUT2D eigenvalue weighted by atomic mass is 16.5. The molecular formula is C11H24N2O. The largest absolute Gasteiger partial charge is 0.378 e. The van der Waals surface area contributed by atoms with Crippen molar-refractivity contribution in [3.63, 3.8) is 0 Å². The van der Waals surface area contributed by atoms with E-state index in [9.17, 15) is 0 Å². The molecule has 0 saturated carbocycles. The minimum Gasteiger partial charge on any atom is -0.378 e. The lowest BCUT2D eigenvalue weighted by Gasteiger charge is -2.22. The summed E-state index contributed by atoms with van der Waals surface area (Å²) < 4.78 is 5.66. The monoisotopic (exact) mass is 200 g/mol. The van der Waals surface area contributed by atoms with Gasteiger partial charge in [0.15, 0.2) is 0 Å². The van der Waals surface area contributed by atoms with Crippen LogP contribution in [0.2, 0.25) is 0 Å². The number of nitrogens with two attached hydrogens (primary N) is 1. The van der Waals surface area contributed by atoms with Gasteiger partial charge in [0.1, 0.15) is 0 Å². The zero-order valence-corrected chi connectivity index (χ0v) is 9.13. The fourth-order valence-corrected chi connectivity index (χ4v) is 1.84. The highest BCUT2D eigenvalue weighted by molar-refractivity contribution is 4.64. The van der Waals surface area contributed by atoms with Crippen molar-refractivity contribution in [2.75, 3.05) is 26.2 Å². The summed E-state index contributed by atoms with van der Waals surface area (Å²) in [6.45, 7) is 3.94. The predicted molar refractivity (Wildman–Crippen MR) is 59.4 cm³/mol. The first-order valence-electron chi connectivity index (χ1n) is 5.96. The SMILES string of the molecule is NCCCNCCCC1CCCCO1. The molecule has 1 atom stereocenters. The number of hydrogen-bond acceptors (Lipinski definition) is 3. The average Bonchev–Trinajstić information content (AvgIpc) is 2.25. The Morgan fingerprint density at radius 1 is 1.21 bits per heavy atom. The summed E-state index contributed by atoms with van der Waals surface area (Å²) in [6.07, 6.45) is 7.95. The van der Waals surface area contributed by atoms with Crippen LogP contribution in [-0.4, -0.2) is 32.3 Å². The van der Waals surface area contributed by atoms with Gasteiger partial charge in [-0.2, -0.15) is 0 Å². The molecule has 1 rings (SSSR count). The van der Waals surface area contributed by atoms with E-state index in [0.29, 0.717) is 6.10 Å². The molecule has 3 heteroatoms. The van der Waals surface area contributed by atoms with Gasteiger partial charge in [-0.15, -0.1) is 0 Å². The summed E-state index contributed by atoms with van der Waals surface area (Å²) in [4.78, 5) is 0. The fraction of sp³-hybridized carbons (Fsp3) is 1.00. The third-order valence-corrected chi connectivity index (χ3v) is 2.71. The van der Waals surface area contributed by atoms with Crippen LogP contribution >= 0.6 is 0 Å². The van der Waals surface area contributed by atoms with Crippen molar-refractivity contribution in [1.82, 2.24) is 5.32 Å². The van der Waals surface area contributed by atoms with Gasteiger partial charge in [0.2, 0.25) is 0 Å². The molecule has 0 aromatic carbocycles. The van der Waals surface area contributed by atoms with E-state index < -0.39 is 0 Å². The number of hydrogen-bond donors (Lipinski definition) is 2. The van der Waals surface area contributed by atoms with E-state index in [2.05, 4.69) is 5.32 Å². The fourth-order valence-electron chi connectivity index (χ4n) is 1.84. The number of ether oxygens (including phenoxy) is 1. The highest BCUT2D eigenvalue weighted by Crippen LogP contribution is 2.16. The summed E-state index contributed by atoms with van der Waals surface area (Å²) in [6, 6.07) is 0. The van der Waals surface area contributed by atoms with Gasteiger partial charge in [-0.25, -0.2) is 0 Å². The van der Waals surface area contributed by atoms with E-state index in [1.807, 2.05) is 0 Å². The normalized spacial score (nSPS) is 22.5. The lowest BCUT2D eigenvalue weighted by molar-refractivity contribution is 0.0102. The molecule has 1 unspecified atom stereocenters. The van der Waals surface area contributed by atoms with Crippen LogP contribution in [0.4, 0.5) is 0 Å². The van der Waals surface area contributed by atoms with Gasteiger partial charge in [0, 0.05) is 6.61 Å². The van der Waals surface area contributed by atoms with E-state index in [-0.39, 0.29) is 0 Å². The number of rotatable bonds is 7. The standard InChI is InChI=1S/C11H24N2O/c12-7-4-9-13-8-3-6-11-5-1-2-10-14-11/h11,13H,1-10,12H2. The second-order valence-corrected chi connectivity index (χ2v) is 4.02. The quantitative estimate of drug-likeness (QED) is 0.608. The Morgan fingerprint density at radius 3 is 2.79 bits per heavy atom. The van der Waals surface area contributed by atoms with Gasteiger partial charge >= 0.3 is 0 Å². The maximum Gasteiger partial charge on any atom is 0.0575 e. The van der Waals surface area contributed by atoms with E-state index in [4.69, 9.17) is 10.5 Å². The van der Waals surface area contributed by atoms with Gasteiger partial charge in [0.05, 0.1) is 6.10 Å². The Labute approximate surface area is 87.4 Å². The molecule has 0 aliphatic carbocycles. The molecule has 3 nitrogen and oxygen atoms in total. The summed E-state index contributed by atoms with van der Waals surface area (Å²) in [5.41, 5.74) is 5.40. The molecule has 14 heavy (non-hydrogen) atoms. The van der Waals surface area contributed by atoms with Crippen LogP contribution in [0.1, 0.15) is 38.5 Å². The molecule has 3 N–H and O–H groups in total. The molecule has 0 bridgehead atoms. The van der Waals surface area contributed by atoms with Crippen LogP contribution in [0, 0.1) is 0 Å². The van der Waals surface area contributed by atoms with Crippen LogP contribution in [0.25, 0.3) is 0 Å². The number of nitrogens with one attached hydrogen (secondary N) is 1. The van der Waals surface area contributed by atoms with Gasteiger partial charge in [0.25, 0.3) is 0 Å². The molecule has 84 valence electrons. The van der Waals surface area contributed by atoms with Crippen molar-refractivity contribution in [1.29, 1.82) is 0 Å². The van der Waals surface area contributed by atoms with E-state index >= 15 is 0 Å². The lowest BCUT2D eigenvalue weighted by atomic mass is 10.0. The van der Waals surface area contributed by atoms with Gasteiger partial charge < -0.3 is 15.8 Å². The zero-order valence-electron chi connectivity index (χ0n) is 9.13. The molecule has 0 aromatic heterocycles. The molecule has 0 spiro atoms. The lowest BCUT2D eigenvalue weighted by Crippen LogP contribution is -2.23. The summed E-state index contributed by atoms with van der Waals surface area (Å²) in [5.74, 6) is 0. The smallest absolute Gasteiger partial charge is 0.0575 e. The van der Waals surface area contributed by atoms with Crippen LogP contribution < -0.4 is 11.1 Å². The van der Waals surface area contributed by atoms with E-state index in [1.54, 1.807) is 0 Å². The van der Waals surface area contributed by atoms with Crippen molar-refractivity contribution >= 4 is 0 Å². The van der Waals surface area contributed by atoms with Gasteiger partial charge in [-0.1, -0.05) is 0 Å². The van der Waals surface area contributed by atoms with Crippen molar-refractivity contribution in [3.8, 4) is 0 Å². The molecule has 1 heterocycles. The molecule has 0 radical (unpaired) electrons. The van der Waals surface area contributed by atoms with E-state index in [1.165, 1.54) is 32.1 Å². The minimum absolute atomic E-state index is 0.542. The van der Waals surface area contributed by atoms with Crippen LogP contribution in [0.3, 0.4) is 0 Å². The van der Waals surface area contributed by atoms with Crippen LogP contribution in [-0.2, 0) is 4.74 Å². The molecule has 1 fully saturated rings. The Balaban J connectivity index is 1.82. The third kappa shape index (κ3) is 5.58. The summed E-state index contributed by atoms with van der Waals surface area (Å²) in [5, 5.41) is 3.39. The second kappa shape index (κ2) is 8.21. The van der Waals surface area contributed by atoms with Crippen molar-refractivity contribution in [2.45, 2.75) is 44.6 Å². The highest BCUT2D eigenvalue weighted by Gasteiger charge is 2.12. The van der Waals surface area contributed by atoms with Gasteiger partial charge in [-0.05, 0) is 58.2 Å². The molecule has 0 amide bonds. The Kier molecular flexibility index (Phi) is 7.01. The molecule has 1 aliphatic heterocycles. The Bertz CT molecular complexity index is 124. The molecule has 1 aliphatic rings. The predicted octanol–water partition coefficient (Wildman–Crippen LogP) is 1.27. The summed E-state index contributed by atoms with van der Waals surface area (Å²) in [7, 11) is 0. The second-order valence-electron chi connectivity index (χ2n) is 4.02. The Morgan fingerprint density at radius 2 is 2.07 bits per heavy atom. The maximum absolute atomic E-state index is 5.66. The maximum atomic E-state index is 5.66. The third-order valence-electron chi connectivity index (χ3n) is 2.71. The van der Waals surface area contributed by atoms with Crippen LogP contribution in [0.15, 0.2) is 0 Å². The molecule has 0 aromatic rings. The molecular weight excluding hydrogens is 176 g/mol. The Hall–Kier alpha value is -0.120. The first kappa shape index (κ1) is 12.0. The average molecular weight is 200 g/mol. The van der Waals surface area contributed by atoms with Crippen LogP contribution in [0.5, 0.6) is 0 Å². The first-order valence-corrected chi connectivity index (χ1v) is 5.96. The minimum atomic E-state index is 0.542. The van der Waals surface area contributed by atoms with Crippen molar-refractivity contribution in [2.24, 2.45) is 5.73 Å². The zero-order chi connectivity index (χ0) is 10.1. The first-order chi connectivity index (χ1) is 6.93. The van der Waals surface area contributed by atoms with Crippen molar-refractivity contribution in [3.05, 3.63) is 0 Å². The van der Waals surface area contributed by atoms with Gasteiger partial charge in [-0.3, -0.25) is 0 Å².